The van der Waals surface area contributed by atoms with Gasteiger partial charge >= 0.3 is 11.9 Å². The molecule has 244 valence electrons. The number of ether oxygens (including phenoxy) is 5. The zero-order valence-electron chi connectivity index (χ0n) is 26.9. The minimum absolute atomic E-state index is 0.185. The zero-order chi connectivity index (χ0) is 33.5. The van der Waals surface area contributed by atoms with E-state index in [0.717, 1.165) is 11.1 Å². The number of benzene rings is 3. The molecule has 11 heteroatoms. The highest BCUT2D eigenvalue weighted by molar-refractivity contribution is 7.07. The SMILES string of the molecule is CCOC(=O)C1=C(C)N=c2s/c(=C\c3cccc(OC)c3OCc3ccc(C(=O)OCC)cc3)c(=O)n2[C@@H]1c1ccc(OCC)cc1. The number of aromatic nitrogens is 1. The summed E-state index contributed by atoms with van der Waals surface area (Å²) in [5.74, 6) is 0.704. The van der Waals surface area contributed by atoms with E-state index in [1.54, 1.807) is 64.3 Å². The van der Waals surface area contributed by atoms with E-state index in [0.29, 0.717) is 62.2 Å². The van der Waals surface area contributed by atoms with E-state index in [1.807, 2.05) is 43.3 Å². The minimum atomic E-state index is -0.748. The molecule has 0 N–H and O–H groups in total. The number of hydrogen-bond acceptors (Lipinski definition) is 10. The van der Waals surface area contributed by atoms with Gasteiger partial charge in [0, 0.05) is 5.56 Å². The second-order valence-corrected chi connectivity index (χ2v) is 11.4. The number of para-hydroxylation sites is 1. The molecule has 4 aromatic rings. The summed E-state index contributed by atoms with van der Waals surface area (Å²) < 4.78 is 29.9. The summed E-state index contributed by atoms with van der Waals surface area (Å²) in [5, 5.41) is 0. The number of carbonyl (C=O) groups is 2. The first kappa shape index (κ1) is 33.2. The monoisotopic (exact) mass is 656 g/mol. The Morgan fingerprint density at radius 2 is 1.60 bits per heavy atom. The van der Waals surface area contributed by atoms with Gasteiger partial charge in [0.05, 0.1) is 54.3 Å². The van der Waals surface area contributed by atoms with E-state index in [9.17, 15) is 14.4 Å². The molecule has 1 aromatic heterocycles. The number of rotatable bonds is 12. The van der Waals surface area contributed by atoms with Gasteiger partial charge < -0.3 is 23.7 Å². The molecule has 0 bridgehead atoms. The molecule has 0 aliphatic carbocycles. The number of methoxy groups -OCH3 is 1. The maximum atomic E-state index is 14.2. The van der Waals surface area contributed by atoms with Crippen LogP contribution in [-0.4, -0.2) is 43.4 Å². The number of nitrogens with zero attached hydrogens (tertiary/aromatic N) is 2. The van der Waals surface area contributed by atoms with Crippen LogP contribution in [0.2, 0.25) is 0 Å². The van der Waals surface area contributed by atoms with E-state index in [-0.39, 0.29) is 24.7 Å². The van der Waals surface area contributed by atoms with Crippen LogP contribution in [0.25, 0.3) is 6.08 Å². The molecule has 0 spiro atoms. The van der Waals surface area contributed by atoms with Crippen molar-refractivity contribution in [2.75, 3.05) is 26.9 Å². The van der Waals surface area contributed by atoms with Gasteiger partial charge in [0.25, 0.3) is 5.56 Å². The van der Waals surface area contributed by atoms with Crippen LogP contribution >= 0.6 is 11.3 Å². The van der Waals surface area contributed by atoms with Crippen LogP contribution in [0.3, 0.4) is 0 Å². The first-order valence-electron chi connectivity index (χ1n) is 15.3. The van der Waals surface area contributed by atoms with E-state index in [1.165, 1.54) is 15.9 Å². The fraction of sp³-hybridized carbons (Fsp3) is 0.278. The van der Waals surface area contributed by atoms with Gasteiger partial charge in [0.15, 0.2) is 16.3 Å². The lowest BCUT2D eigenvalue weighted by molar-refractivity contribution is -0.139. The summed E-state index contributed by atoms with van der Waals surface area (Å²) >= 11 is 1.22. The molecule has 2 heterocycles. The first-order chi connectivity index (χ1) is 22.8. The highest BCUT2D eigenvalue weighted by Crippen LogP contribution is 2.34. The number of thiazole rings is 1. The summed E-state index contributed by atoms with van der Waals surface area (Å²) in [4.78, 5) is 44.5. The molecule has 5 rings (SSSR count). The number of allylic oxidation sites excluding steroid dienone is 1. The van der Waals surface area contributed by atoms with Crippen molar-refractivity contribution in [3.8, 4) is 17.2 Å². The number of hydrogen-bond donors (Lipinski definition) is 0. The maximum absolute atomic E-state index is 14.2. The lowest BCUT2D eigenvalue weighted by Gasteiger charge is -2.24. The lowest BCUT2D eigenvalue weighted by atomic mass is 9.96. The van der Waals surface area contributed by atoms with Crippen molar-refractivity contribution in [2.24, 2.45) is 4.99 Å². The van der Waals surface area contributed by atoms with Crippen LogP contribution in [0, 0.1) is 0 Å². The fourth-order valence-corrected chi connectivity index (χ4v) is 6.27. The molecular weight excluding hydrogens is 620 g/mol. The van der Waals surface area contributed by atoms with Crippen LogP contribution in [0.15, 0.2) is 87.8 Å². The van der Waals surface area contributed by atoms with Crippen molar-refractivity contribution in [3.63, 3.8) is 0 Å². The molecule has 0 saturated heterocycles. The Balaban J connectivity index is 1.55. The Labute approximate surface area is 276 Å². The third-order valence-electron chi connectivity index (χ3n) is 7.39. The molecule has 1 aliphatic heterocycles. The Bertz CT molecular complexity index is 1970. The van der Waals surface area contributed by atoms with Crippen molar-refractivity contribution >= 4 is 29.4 Å². The molecular formula is C36H36N2O8S. The van der Waals surface area contributed by atoms with E-state index in [2.05, 4.69) is 4.99 Å². The predicted molar refractivity (Wildman–Crippen MR) is 178 cm³/mol. The first-order valence-corrected chi connectivity index (χ1v) is 16.1. The van der Waals surface area contributed by atoms with Gasteiger partial charge in [-0.15, -0.1) is 0 Å². The van der Waals surface area contributed by atoms with Crippen molar-refractivity contribution in [3.05, 3.63) is 120 Å². The quantitative estimate of drug-likeness (QED) is 0.197. The molecule has 3 aromatic carbocycles. The van der Waals surface area contributed by atoms with Crippen molar-refractivity contribution < 1.29 is 33.3 Å². The van der Waals surface area contributed by atoms with Crippen LogP contribution in [-0.2, 0) is 20.9 Å². The smallest absolute Gasteiger partial charge is 0.338 e. The average Bonchev–Trinajstić information content (AvgIpc) is 3.37. The Morgan fingerprint density at radius 3 is 2.26 bits per heavy atom. The van der Waals surface area contributed by atoms with E-state index in [4.69, 9.17) is 23.7 Å². The number of fused-ring (bicyclic) bond motifs is 1. The summed E-state index contributed by atoms with van der Waals surface area (Å²) in [6.45, 7) is 8.33. The van der Waals surface area contributed by atoms with Crippen LogP contribution < -0.4 is 29.1 Å². The Kier molecular flexibility index (Phi) is 10.6. The molecule has 0 amide bonds. The standard InChI is InChI=1S/C36H36N2O8S/c1-6-43-27-18-16-24(17-19-27)31-30(35(41)45-8-3)22(4)37-36-38(31)33(39)29(47-36)20-26-10-9-11-28(42-5)32(26)46-21-23-12-14-25(15-13-23)34(40)44-7-2/h9-20,31H,6-8,21H2,1-5H3/b29-20-/t31-/m1/s1. The lowest BCUT2D eigenvalue weighted by Crippen LogP contribution is -2.39. The van der Waals surface area contributed by atoms with Crippen LogP contribution in [0.1, 0.15) is 60.8 Å². The normalized spacial score (nSPS) is 14.2. The molecule has 1 atom stereocenters. The predicted octanol–water partition coefficient (Wildman–Crippen LogP) is 4.96. The molecule has 10 nitrogen and oxygen atoms in total. The highest BCUT2D eigenvalue weighted by Gasteiger charge is 2.33. The number of esters is 2. The maximum Gasteiger partial charge on any atom is 0.338 e. The highest BCUT2D eigenvalue weighted by atomic mass is 32.1. The van der Waals surface area contributed by atoms with Gasteiger partial charge in [0.2, 0.25) is 0 Å². The average molecular weight is 657 g/mol. The summed E-state index contributed by atoms with van der Waals surface area (Å²) in [7, 11) is 1.55. The fourth-order valence-electron chi connectivity index (χ4n) is 5.23. The Hall–Kier alpha value is -5.16. The van der Waals surface area contributed by atoms with E-state index >= 15 is 0 Å². The van der Waals surface area contributed by atoms with Crippen LogP contribution in [0.5, 0.6) is 17.2 Å². The molecule has 0 radical (unpaired) electrons. The van der Waals surface area contributed by atoms with Gasteiger partial charge in [-0.25, -0.2) is 14.6 Å². The van der Waals surface area contributed by atoms with Crippen molar-refractivity contribution in [2.45, 2.75) is 40.3 Å². The van der Waals surface area contributed by atoms with Gasteiger partial charge in [-0.3, -0.25) is 9.36 Å². The van der Waals surface area contributed by atoms with Crippen molar-refractivity contribution in [1.82, 2.24) is 4.57 Å². The molecule has 47 heavy (non-hydrogen) atoms. The van der Waals surface area contributed by atoms with E-state index < -0.39 is 12.0 Å². The molecule has 0 unspecified atom stereocenters. The zero-order valence-corrected chi connectivity index (χ0v) is 27.7. The molecule has 0 fully saturated rings. The second kappa shape index (κ2) is 15.0. The van der Waals surface area contributed by atoms with Crippen molar-refractivity contribution in [1.29, 1.82) is 0 Å². The molecule has 0 saturated carbocycles. The third kappa shape index (κ3) is 7.15. The van der Waals surface area contributed by atoms with Gasteiger partial charge in [-0.1, -0.05) is 47.7 Å². The topological polar surface area (TPSA) is 115 Å². The minimum Gasteiger partial charge on any atom is -0.494 e. The van der Waals surface area contributed by atoms with Gasteiger partial charge in [0.1, 0.15) is 12.4 Å². The summed E-state index contributed by atoms with van der Waals surface area (Å²) in [6, 6.07) is 19.0. The molecule has 1 aliphatic rings. The largest absolute Gasteiger partial charge is 0.494 e. The summed E-state index contributed by atoms with van der Waals surface area (Å²) in [6.07, 6.45) is 1.74. The van der Waals surface area contributed by atoms with Crippen LogP contribution in [0.4, 0.5) is 0 Å². The Morgan fingerprint density at radius 1 is 0.894 bits per heavy atom. The summed E-state index contributed by atoms with van der Waals surface area (Å²) in [5.41, 5.74) is 3.09. The second-order valence-electron chi connectivity index (χ2n) is 10.4. The van der Waals surface area contributed by atoms with Gasteiger partial charge in [-0.2, -0.15) is 0 Å². The van der Waals surface area contributed by atoms with Gasteiger partial charge in [-0.05, 0) is 75.2 Å². The third-order valence-corrected chi connectivity index (χ3v) is 8.37. The number of carbonyl (C=O) groups excluding carboxylic acids is 2.